The number of thiophene rings is 1. The zero-order chi connectivity index (χ0) is 17.8. The van der Waals surface area contributed by atoms with Crippen LogP contribution in [0.2, 0.25) is 0 Å². The number of carbonyl (C=O) groups is 2. The van der Waals surface area contributed by atoms with Crippen LogP contribution >= 0.6 is 11.3 Å². The van der Waals surface area contributed by atoms with Gasteiger partial charge in [0.15, 0.2) is 5.78 Å². The number of hydrogen-bond acceptors (Lipinski definition) is 7. The molecule has 1 aromatic heterocycles. The molecule has 0 aliphatic rings. The third kappa shape index (κ3) is 3.72. The van der Waals surface area contributed by atoms with E-state index in [1.165, 1.54) is 42.5 Å². The summed E-state index contributed by atoms with van der Waals surface area (Å²) in [6.07, 6.45) is 0.136. The van der Waals surface area contributed by atoms with Crippen molar-refractivity contribution in [1.82, 2.24) is 0 Å². The number of ketones is 1. The van der Waals surface area contributed by atoms with Crippen LogP contribution in [0.4, 0.5) is 0 Å². The Bertz CT molecular complexity index is 812. The molecule has 1 heterocycles. The Kier molecular flexibility index (Phi) is 5.53. The molecule has 1 atom stereocenters. The molecule has 0 aliphatic heterocycles. The molecule has 8 heteroatoms. The van der Waals surface area contributed by atoms with Crippen LogP contribution in [-0.4, -0.2) is 20.2 Å². The number of carbonyl (C=O) groups excluding carboxylic acids is 2. The van der Waals surface area contributed by atoms with Gasteiger partial charge in [0, 0.05) is 0 Å². The van der Waals surface area contributed by atoms with E-state index < -0.39 is 27.3 Å². The Morgan fingerprint density at radius 1 is 1.12 bits per heavy atom. The Morgan fingerprint density at radius 3 is 2.33 bits per heavy atom. The molecule has 24 heavy (non-hydrogen) atoms. The quantitative estimate of drug-likeness (QED) is 0.323. The summed E-state index contributed by atoms with van der Waals surface area (Å²) in [5.74, 6) is -1.49. The first kappa shape index (κ1) is 18.3. The normalized spacial score (nSPS) is 13.9. The molecule has 2 rings (SSSR count). The highest BCUT2D eigenvalue weighted by atomic mass is 32.2. The van der Waals surface area contributed by atoms with Crippen LogP contribution in [0.1, 0.15) is 29.9 Å². The van der Waals surface area contributed by atoms with Crippen molar-refractivity contribution in [2.45, 2.75) is 25.2 Å². The predicted octanol–water partition coefficient (Wildman–Crippen LogP) is 3.21. The van der Waals surface area contributed by atoms with Gasteiger partial charge < -0.3 is 0 Å². The molecule has 1 unspecified atom stereocenters. The van der Waals surface area contributed by atoms with Gasteiger partial charge >= 0.3 is 16.1 Å². The van der Waals surface area contributed by atoms with Crippen molar-refractivity contribution < 1.29 is 27.2 Å². The van der Waals surface area contributed by atoms with Gasteiger partial charge in [0.25, 0.3) is 0 Å². The van der Waals surface area contributed by atoms with Gasteiger partial charge in [-0.2, -0.15) is 8.42 Å². The molecule has 0 saturated carbocycles. The van der Waals surface area contributed by atoms with E-state index in [1.807, 2.05) is 0 Å². The lowest BCUT2D eigenvalue weighted by Gasteiger charge is -2.22. The van der Waals surface area contributed by atoms with Crippen LogP contribution in [-0.2, 0) is 24.1 Å². The minimum atomic E-state index is -4.26. The fourth-order valence-corrected chi connectivity index (χ4v) is 3.38. The molecule has 6 nitrogen and oxygen atoms in total. The summed E-state index contributed by atoms with van der Waals surface area (Å²) in [6.45, 7) is 3.04. The largest absolute Gasteiger partial charge is 0.357 e. The monoisotopic (exact) mass is 368 g/mol. The molecule has 128 valence electrons. The van der Waals surface area contributed by atoms with Crippen molar-refractivity contribution in [2.24, 2.45) is 5.41 Å². The van der Waals surface area contributed by atoms with Gasteiger partial charge in [-0.25, -0.2) is 4.79 Å². The molecule has 2 aromatic rings. The summed E-state index contributed by atoms with van der Waals surface area (Å²) in [6, 6.07) is 10.5. The third-order valence-corrected chi connectivity index (χ3v) is 5.60. The van der Waals surface area contributed by atoms with Gasteiger partial charge in [0.1, 0.15) is 5.41 Å². The summed E-state index contributed by atoms with van der Waals surface area (Å²) in [5, 5.41) is 1.71. The fourth-order valence-electron chi connectivity index (χ4n) is 1.87. The fraction of sp³-hybridized carbons (Fsp3) is 0.250. The van der Waals surface area contributed by atoms with E-state index in [1.54, 1.807) is 30.5 Å². The van der Waals surface area contributed by atoms with Crippen molar-refractivity contribution in [3.8, 4) is 0 Å². The van der Waals surface area contributed by atoms with E-state index in [0.717, 1.165) is 0 Å². The van der Waals surface area contributed by atoms with Gasteiger partial charge in [-0.05, 0) is 41.3 Å². The first-order valence-electron chi connectivity index (χ1n) is 7.10. The first-order valence-corrected chi connectivity index (χ1v) is 9.39. The molecular weight excluding hydrogens is 352 g/mol. The summed E-state index contributed by atoms with van der Waals surface area (Å²) in [4.78, 5) is 29.5. The molecule has 0 fully saturated rings. The van der Waals surface area contributed by atoms with Crippen molar-refractivity contribution in [3.05, 3.63) is 52.7 Å². The number of rotatable bonds is 7. The molecular formula is C16H16O6S2. The summed E-state index contributed by atoms with van der Waals surface area (Å²) < 4.78 is 28.3. The maximum Gasteiger partial charge on any atom is 0.357 e. The van der Waals surface area contributed by atoms with Crippen LogP contribution in [0.15, 0.2) is 52.7 Å². The average molecular weight is 368 g/mol. The predicted molar refractivity (Wildman–Crippen MR) is 87.9 cm³/mol. The lowest BCUT2D eigenvalue weighted by atomic mass is 9.82. The SMILES string of the molecule is CCC(C)(C(=O)OOS(=O)(=O)c1ccccc1)C(=O)c1cccs1. The van der Waals surface area contributed by atoms with Gasteiger partial charge in [-0.15, -0.1) is 11.3 Å². The second-order valence-electron chi connectivity index (χ2n) is 5.20. The highest BCUT2D eigenvalue weighted by molar-refractivity contribution is 7.86. The van der Waals surface area contributed by atoms with Crippen molar-refractivity contribution in [1.29, 1.82) is 0 Å². The van der Waals surface area contributed by atoms with E-state index in [0.29, 0.717) is 4.88 Å². The van der Waals surface area contributed by atoms with Crippen LogP contribution in [0.3, 0.4) is 0 Å². The number of hydrogen-bond donors (Lipinski definition) is 0. The van der Waals surface area contributed by atoms with Crippen molar-refractivity contribution in [3.63, 3.8) is 0 Å². The highest BCUT2D eigenvalue weighted by Gasteiger charge is 2.43. The number of benzene rings is 1. The average Bonchev–Trinajstić information content (AvgIpc) is 3.13. The van der Waals surface area contributed by atoms with Gasteiger partial charge in [-0.3, -0.25) is 9.68 Å². The molecule has 0 bridgehead atoms. The van der Waals surface area contributed by atoms with Crippen molar-refractivity contribution >= 4 is 33.2 Å². The van der Waals surface area contributed by atoms with E-state index in [2.05, 4.69) is 9.22 Å². The van der Waals surface area contributed by atoms with Gasteiger partial charge in [-0.1, -0.05) is 31.2 Å². The second kappa shape index (κ2) is 7.25. The van der Waals surface area contributed by atoms with Crippen LogP contribution in [0.5, 0.6) is 0 Å². The molecule has 0 saturated heterocycles. The summed E-state index contributed by atoms with van der Waals surface area (Å²) in [7, 11) is -4.26. The minimum Gasteiger partial charge on any atom is -0.292 e. The zero-order valence-electron chi connectivity index (χ0n) is 13.1. The topological polar surface area (TPSA) is 86.7 Å². The summed E-state index contributed by atoms with van der Waals surface area (Å²) in [5.41, 5.74) is -1.53. The Hall–Kier alpha value is -2.03. The summed E-state index contributed by atoms with van der Waals surface area (Å²) >= 11 is 1.19. The van der Waals surface area contributed by atoms with Crippen molar-refractivity contribution in [2.75, 3.05) is 0 Å². The Balaban J connectivity index is 2.14. The van der Waals surface area contributed by atoms with Gasteiger partial charge in [0.05, 0.1) is 9.77 Å². The lowest BCUT2D eigenvalue weighted by Crippen LogP contribution is -2.37. The van der Waals surface area contributed by atoms with E-state index in [9.17, 15) is 18.0 Å². The maximum absolute atomic E-state index is 12.5. The maximum atomic E-state index is 12.5. The molecule has 0 spiro atoms. The smallest absolute Gasteiger partial charge is 0.292 e. The van der Waals surface area contributed by atoms with Crippen LogP contribution in [0.25, 0.3) is 0 Å². The van der Waals surface area contributed by atoms with Crippen LogP contribution in [0, 0.1) is 5.41 Å². The highest BCUT2D eigenvalue weighted by Crippen LogP contribution is 2.30. The van der Waals surface area contributed by atoms with Gasteiger partial charge in [0.2, 0.25) is 0 Å². The molecule has 0 N–H and O–H groups in total. The number of Topliss-reactive ketones (excluding diaryl/α,β-unsaturated/α-hetero) is 1. The van der Waals surface area contributed by atoms with E-state index in [-0.39, 0.29) is 11.3 Å². The van der Waals surface area contributed by atoms with E-state index in [4.69, 9.17) is 0 Å². The zero-order valence-corrected chi connectivity index (χ0v) is 14.7. The second-order valence-corrected chi connectivity index (χ2v) is 7.66. The third-order valence-electron chi connectivity index (χ3n) is 3.63. The van der Waals surface area contributed by atoms with Crippen LogP contribution < -0.4 is 0 Å². The molecule has 0 aliphatic carbocycles. The lowest BCUT2D eigenvalue weighted by molar-refractivity contribution is -0.219. The standard InChI is InChI=1S/C16H16O6S2/c1-3-16(2,14(17)13-10-7-11-23-13)15(18)21-22-24(19,20)12-8-5-4-6-9-12/h4-11H,3H2,1-2H3. The first-order chi connectivity index (χ1) is 11.3. The molecule has 0 amide bonds. The Morgan fingerprint density at radius 2 is 1.79 bits per heavy atom. The molecule has 0 radical (unpaired) electrons. The molecule has 1 aromatic carbocycles. The van der Waals surface area contributed by atoms with E-state index >= 15 is 0 Å². The minimum absolute atomic E-state index is 0.136. The Labute approximate surface area is 144 Å².